The van der Waals surface area contributed by atoms with Gasteiger partial charge in [0.15, 0.2) is 5.13 Å². The summed E-state index contributed by atoms with van der Waals surface area (Å²) in [5.41, 5.74) is 6.61. The monoisotopic (exact) mass is 425 g/mol. The summed E-state index contributed by atoms with van der Waals surface area (Å²) in [4.78, 5) is 28.8. The summed E-state index contributed by atoms with van der Waals surface area (Å²) < 4.78 is 11.2. The predicted octanol–water partition coefficient (Wildman–Crippen LogP) is 4.84. The normalized spacial score (nSPS) is 11.0. The SMILES string of the molecule is CC(C)(C)OC(=O)Nc1nc(C(N)=O)c(-c2ccccc2OCc2ccccc2)s1. The Labute approximate surface area is 178 Å². The molecule has 0 saturated heterocycles. The summed E-state index contributed by atoms with van der Waals surface area (Å²) in [7, 11) is 0. The first-order chi connectivity index (χ1) is 14.2. The van der Waals surface area contributed by atoms with E-state index in [4.69, 9.17) is 15.2 Å². The van der Waals surface area contributed by atoms with Gasteiger partial charge in [0.05, 0.1) is 4.88 Å². The summed E-state index contributed by atoms with van der Waals surface area (Å²) in [5, 5.41) is 2.77. The Morgan fingerprint density at radius 1 is 1.07 bits per heavy atom. The maximum atomic E-state index is 12.1. The quantitative estimate of drug-likeness (QED) is 0.588. The molecular formula is C22H23N3O4S. The number of hydrogen-bond acceptors (Lipinski definition) is 6. The zero-order valence-corrected chi connectivity index (χ0v) is 17.8. The molecule has 30 heavy (non-hydrogen) atoms. The number of primary amides is 1. The second kappa shape index (κ2) is 8.96. The minimum absolute atomic E-state index is 0.0572. The van der Waals surface area contributed by atoms with Crippen LogP contribution in [0.15, 0.2) is 54.6 Å². The molecule has 1 heterocycles. The number of para-hydroxylation sites is 1. The van der Waals surface area contributed by atoms with Gasteiger partial charge in [-0.2, -0.15) is 0 Å². The molecule has 0 saturated carbocycles. The van der Waals surface area contributed by atoms with E-state index in [1.165, 1.54) is 0 Å². The lowest BCUT2D eigenvalue weighted by Gasteiger charge is -2.18. The maximum absolute atomic E-state index is 12.1. The molecule has 3 N–H and O–H groups in total. The van der Waals surface area contributed by atoms with Crippen LogP contribution in [0.2, 0.25) is 0 Å². The largest absolute Gasteiger partial charge is 0.488 e. The number of benzene rings is 2. The average Bonchev–Trinajstić information content (AvgIpc) is 3.09. The molecular weight excluding hydrogens is 402 g/mol. The Morgan fingerprint density at radius 3 is 2.40 bits per heavy atom. The van der Waals surface area contributed by atoms with Crippen molar-refractivity contribution in [2.75, 3.05) is 5.32 Å². The van der Waals surface area contributed by atoms with Crippen LogP contribution in [0.3, 0.4) is 0 Å². The van der Waals surface area contributed by atoms with Crippen molar-refractivity contribution in [3.05, 3.63) is 65.9 Å². The third-order valence-corrected chi connectivity index (χ3v) is 4.84. The summed E-state index contributed by atoms with van der Waals surface area (Å²) >= 11 is 1.13. The molecule has 0 aliphatic heterocycles. The molecule has 0 fully saturated rings. The molecule has 0 bridgehead atoms. The molecule has 0 aliphatic rings. The highest BCUT2D eigenvalue weighted by Crippen LogP contribution is 2.38. The number of hydrogen-bond donors (Lipinski definition) is 2. The Morgan fingerprint density at radius 2 is 1.73 bits per heavy atom. The van der Waals surface area contributed by atoms with Crippen molar-refractivity contribution in [1.82, 2.24) is 4.98 Å². The summed E-state index contributed by atoms with van der Waals surface area (Å²) in [6.45, 7) is 5.64. The predicted molar refractivity (Wildman–Crippen MR) is 117 cm³/mol. The molecule has 2 amide bonds. The molecule has 2 aromatic carbocycles. The van der Waals surface area contributed by atoms with Crippen LogP contribution >= 0.6 is 11.3 Å². The van der Waals surface area contributed by atoms with Crippen LogP contribution < -0.4 is 15.8 Å². The van der Waals surface area contributed by atoms with Crippen molar-refractivity contribution >= 4 is 28.5 Å². The van der Waals surface area contributed by atoms with Gasteiger partial charge in [0.2, 0.25) is 0 Å². The van der Waals surface area contributed by atoms with E-state index in [9.17, 15) is 9.59 Å². The molecule has 7 nitrogen and oxygen atoms in total. The lowest BCUT2D eigenvalue weighted by molar-refractivity contribution is 0.0635. The first-order valence-corrected chi connectivity index (χ1v) is 10.1. The van der Waals surface area contributed by atoms with E-state index in [1.54, 1.807) is 20.8 Å². The number of nitrogens with one attached hydrogen (secondary N) is 1. The third-order valence-electron chi connectivity index (χ3n) is 3.84. The second-order valence-corrected chi connectivity index (χ2v) is 8.46. The van der Waals surface area contributed by atoms with Gasteiger partial charge in [-0.3, -0.25) is 10.1 Å². The Hall–Kier alpha value is -3.39. The fourth-order valence-electron chi connectivity index (χ4n) is 2.63. The number of nitrogens with zero attached hydrogens (tertiary/aromatic N) is 1. The molecule has 0 unspecified atom stereocenters. The standard InChI is InChI=1S/C22H23N3O4S/c1-22(2,3)29-21(27)25-20-24-17(19(23)26)18(30-20)15-11-7-8-12-16(15)28-13-14-9-5-4-6-10-14/h4-12H,13H2,1-3H3,(H2,23,26)(H,24,25,27). The molecule has 0 spiro atoms. The van der Waals surface area contributed by atoms with Crippen LogP contribution in [-0.4, -0.2) is 22.6 Å². The summed E-state index contributed by atoms with van der Waals surface area (Å²) in [6, 6.07) is 17.0. The number of aromatic nitrogens is 1. The third kappa shape index (κ3) is 5.57. The summed E-state index contributed by atoms with van der Waals surface area (Å²) in [6.07, 6.45) is -0.660. The van der Waals surface area contributed by atoms with Gasteiger partial charge >= 0.3 is 6.09 Å². The molecule has 3 aromatic rings. The van der Waals surface area contributed by atoms with Gasteiger partial charge in [0.1, 0.15) is 23.7 Å². The lowest BCUT2D eigenvalue weighted by Crippen LogP contribution is -2.27. The number of thiazole rings is 1. The number of carbonyl (C=O) groups excluding carboxylic acids is 2. The first-order valence-electron chi connectivity index (χ1n) is 9.30. The average molecular weight is 426 g/mol. The van der Waals surface area contributed by atoms with Gasteiger partial charge in [-0.25, -0.2) is 9.78 Å². The Bertz CT molecular complexity index is 1040. The van der Waals surface area contributed by atoms with Crippen LogP contribution in [0, 0.1) is 0 Å². The molecule has 0 aliphatic carbocycles. The Kier molecular flexibility index (Phi) is 6.37. The molecule has 1 aromatic heterocycles. The van der Waals surface area contributed by atoms with Gasteiger partial charge in [0, 0.05) is 5.56 Å². The number of ether oxygens (including phenoxy) is 2. The fraction of sp³-hybridized carbons (Fsp3) is 0.227. The number of rotatable bonds is 6. The zero-order valence-electron chi connectivity index (χ0n) is 17.0. The van der Waals surface area contributed by atoms with E-state index in [1.807, 2.05) is 54.6 Å². The molecule has 0 radical (unpaired) electrons. The van der Waals surface area contributed by atoms with Gasteiger partial charge in [0.25, 0.3) is 5.91 Å². The Balaban J connectivity index is 1.88. The van der Waals surface area contributed by atoms with Gasteiger partial charge in [-0.15, -0.1) is 0 Å². The van der Waals surface area contributed by atoms with Crippen molar-refractivity contribution in [3.63, 3.8) is 0 Å². The smallest absolute Gasteiger partial charge is 0.413 e. The highest BCUT2D eigenvalue weighted by atomic mass is 32.1. The van der Waals surface area contributed by atoms with Gasteiger partial charge < -0.3 is 15.2 Å². The minimum atomic E-state index is -0.698. The van der Waals surface area contributed by atoms with E-state index < -0.39 is 17.6 Å². The second-order valence-electron chi connectivity index (χ2n) is 7.46. The van der Waals surface area contributed by atoms with E-state index in [2.05, 4.69) is 10.3 Å². The molecule has 8 heteroatoms. The van der Waals surface area contributed by atoms with E-state index in [-0.39, 0.29) is 10.8 Å². The van der Waals surface area contributed by atoms with Crippen LogP contribution in [0.4, 0.5) is 9.93 Å². The minimum Gasteiger partial charge on any atom is -0.488 e. The van der Waals surface area contributed by atoms with E-state index in [0.29, 0.717) is 22.8 Å². The highest BCUT2D eigenvalue weighted by Gasteiger charge is 2.23. The topological polar surface area (TPSA) is 104 Å². The van der Waals surface area contributed by atoms with Crippen LogP contribution in [0.25, 0.3) is 10.4 Å². The van der Waals surface area contributed by atoms with Crippen LogP contribution in [0.1, 0.15) is 36.8 Å². The molecule has 156 valence electrons. The maximum Gasteiger partial charge on any atom is 0.413 e. The van der Waals surface area contributed by atoms with E-state index >= 15 is 0 Å². The van der Waals surface area contributed by atoms with Crippen molar-refractivity contribution in [2.45, 2.75) is 33.0 Å². The number of nitrogens with two attached hydrogens (primary N) is 1. The lowest BCUT2D eigenvalue weighted by atomic mass is 10.1. The van der Waals surface area contributed by atoms with Crippen molar-refractivity contribution in [2.24, 2.45) is 5.73 Å². The highest BCUT2D eigenvalue weighted by molar-refractivity contribution is 7.19. The summed E-state index contributed by atoms with van der Waals surface area (Å²) in [5.74, 6) is -0.118. The molecule has 3 rings (SSSR count). The van der Waals surface area contributed by atoms with Gasteiger partial charge in [-0.1, -0.05) is 53.8 Å². The van der Waals surface area contributed by atoms with Crippen molar-refractivity contribution in [3.8, 4) is 16.2 Å². The number of anilines is 1. The van der Waals surface area contributed by atoms with Crippen LogP contribution in [-0.2, 0) is 11.3 Å². The van der Waals surface area contributed by atoms with E-state index in [0.717, 1.165) is 16.9 Å². The number of amides is 2. The zero-order chi connectivity index (χ0) is 21.7. The van der Waals surface area contributed by atoms with Crippen molar-refractivity contribution in [1.29, 1.82) is 0 Å². The fourth-order valence-corrected chi connectivity index (χ4v) is 3.62. The first kappa shape index (κ1) is 21.3. The molecule has 0 atom stereocenters. The number of carbonyl (C=O) groups is 2. The van der Waals surface area contributed by atoms with Gasteiger partial charge in [-0.05, 0) is 38.5 Å². The van der Waals surface area contributed by atoms with Crippen LogP contribution in [0.5, 0.6) is 5.75 Å². The van der Waals surface area contributed by atoms with Crippen molar-refractivity contribution < 1.29 is 19.1 Å².